The molecule has 1 saturated carbocycles. The fourth-order valence-corrected chi connectivity index (χ4v) is 3.58. The molecule has 0 spiro atoms. The third kappa shape index (κ3) is 1.82. The molecule has 1 aromatic carbocycles. The topological polar surface area (TPSA) is 41.5 Å². The lowest BCUT2D eigenvalue weighted by Crippen LogP contribution is -2.65. The second-order valence-corrected chi connectivity index (χ2v) is 6.09. The largest absolute Gasteiger partial charge is 0.508 e. The van der Waals surface area contributed by atoms with Gasteiger partial charge in [-0.25, -0.2) is 0 Å². The van der Waals surface area contributed by atoms with Gasteiger partial charge in [0.2, 0.25) is 0 Å². The number of hydrogen-bond donors (Lipinski definition) is 2. The molecule has 18 heavy (non-hydrogen) atoms. The highest BCUT2D eigenvalue weighted by molar-refractivity contribution is 5.26. The van der Waals surface area contributed by atoms with Crippen molar-refractivity contribution in [1.29, 1.82) is 0 Å². The number of benzene rings is 1. The van der Waals surface area contributed by atoms with Gasteiger partial charge in [-0.3, -0.25) is 0 Å². The van der Waals surface area contributed by atoms with Crippen LogP contribution >= 0.6 is 0 Å². The molecule has 1 aromatic rings. The highest BCUT2D eigenvalue weighted by Gasteiger charge is 2.58. The maximum absolute atomic E-state index is 9.26. The van der Waals surface area contributed by atoms with Crippen LogP contribution in [0.25, 0.3) is 0 Å². The van der Waals surface area contributed by atoms with E-state index < -0.39 is 0 Å². The standard InChI is InChI=1S/C15H21NO2/c1-15(2)13(12-7-8-18-14(12)15)16-9-10-3-5-11(17)6-4-10/h3-6,12-14,16-17H,7-9H2,1-2H3. The molecule has 0 bridgehead atoms. The van der Waals surface area contributed by atoms with Crippen LogP contribution in [0.4, 0.5) is 0 Å². The van der Waals surface area contributed by atoms with Crippen molar-refractivity contribution in [2.45, 2.75) is 39.0 Å². The number of aromatic hydroxyl groups is 1. The number of rotatable bonds is 3. The van der Waals surface area contributed by atoms with Gasteiger partial charge in [0.25, 0.3) is 0 Å². The Balaban J connectivity index is 1.62. The Morgan fingerprint density at radius 2 is 2.06 bits per heavy atom. The zero-order valence-corrected chi connectivity index (χ0v) is 11.0. The van der Waals surface area contributed by atoms with Gasteiger partial charge in [-0.05, 0) is 24.1 Å². The highest BCUT2D eigenvalue weighted by atomic mass is 16.5. The normalized spacial score (nSPS) is 32.9. The van der Waals surface area contributed by atoms with Crippen molar-refractivity contribution in [3.05, 3.63) is 29.8 Å². The van der Waals surface area contributed by atoms with E-state index in [4.69, 9.17) is 4.74 Å². The quantitative estimate of drug-likeness (QED) is 0.861. The van der Waals surface area contributed by atoms with Crippen molar-refractivity contribution < 1.29 is 9.84 Å². The zero-order chi connectivity index (χ0) is 12.8. The number of phenolic OH excluding ortho intramolecular Hbond substituents is 1. The van der Waals surface area contributed by atoms with E-state index in [0.717, 1.165) is 13.2 Å². The van der Waals surface area contributed by atoms with E-state index in [-0.39, 0.29) is 5.41 Å². The minimum atomic E-state index is 0.234. The summed E-state index contributed by atoms with van der Waals surface area (Å²) in [6.07, 6.45) is 1.62. The molecule has 1 heterocycles. The molecule has 0 radical (unpaired) electrons. The minimum absolute atomic E-state index is 0.234. The Labute approximate surface area is 108 Å². The maximum atomic E-state index is 9.26. The van der Waals surface area contributed by atoms with Crippen LogP contribution in [-0.4, -0.2) is 23.9 Å². The molecule has 3 nitrogen and oxygen atoms in total. The van der Waals surface area contributed by atoms with Crippen LogP contribution in [0.15, 0.2) is 24.3 Å². The lowest BCUT2D eigenvalue weighted by atomic mass is 9.57. The Morgan fingerprint density at radius 1 is 1.33 bits per heavy atom. The summed E-state index contributed by atoms with van der Waals surface area (Å²) in [4.78, 5) is 0. The fraction of sp³-hybridized carbons (Fsp3) is 0.600. The number of ether oxygens (including phenoxy) is 1. The SMILES string of the molecule is CC1(C)C(NCc2ccc(O)cc2)C2CCOC21. The molecular formula is C15H21NO2. The second-order valence-electron chi connectivity index (χ2n) is 6.09. The molecule has 2 aliphatic rings. The van der Waals surface area contributed by atoms with Gasteiger partial charge < -0.3 is 15.2 Å². The molecule has 0 aromatic heterocycles. The Morgan fingerprint density at radius 3 is 2.78 bits per heavy atom. The van der Waals surface area contributed by atoms with Gasteiger partial charge in [0.1, 0.15) is 5.75 Å². The van der Waals surface area contributed by atoms with E-state index in [1.54, 1.807) is 12.1 Å². The van der Waals surface area contributed by atoms with Crippen molar-refractivity contribution in [2.24, 2.45) is 11.3 Å². The number of nitrogens with one attached hydrogen (secondary N) is 1. The third-order valence-electron chi connectivity index (χ3n) is 4.56. The monoisotopic (exact) mass is 247 g/mol. The van der Waals surface area contributed by atoms with Crippen molar-refractivity contribution in [3.63, 3.8) is 0 Å². The summed E-state index contributed by atoms with van der Waals surface area (Å²) in [7, 11) is 0. The molecule has 2 fully saturated rings. The van der Waals surface area contributed by atoms with E-state index in [1.165, 1.54) is 12.0 Å². The highest BCUT2D eigenvalue weighted by Crippen LogP contribution is 2.52. The van der Waals surface area contributed by atoms with Crippen LogP contribution in [0.3, 0.4) is 0 Å². The van der Waals surface area contributed by atoms with Gasteiger partial charge in [-0.2, -0.15) is 0 Å². The minimum Gasteiger partial charge on any atom is -0.508 e. The van der Waals surface area contributed by atoms with Crippen LogP contribution in [0.1, 0.15) is 25.8 Å². The Kier molecular flexibility index (Phi) is 2.83. The third-order valence-corrected chi connectivity index (χ3v) is 4.56. The summed E-state index contributed by atoms with van der Waals surface area (Å²) in [5.41, 5.74) is 1.45. The molecule has 3 atom stereocenters. The summed E-state index contributed by atoms with van der Waals surface area (Å²) in [5, 5.41) is 12.9. The zero-order valence-electron chi connectivity index (χ0n) is 11.0. The first-order valence-electron chi connectivity index (χ1n) is 6.72. The molecular weight excluding hydrogens is 226 g/mol. The molecule has 3 rings (SSSR count). The Hall–Kier alpha value is -1.06. The first-order chi connectivity index (χ1) is 8.59. The molecule has 1 aliphatic heterocycles. The van der Waals surface area contributed by atoms with Crippen LogP contribution in [-0.2, 0) is 11.3 Å². The number of fused-ring (bicyclic) bond motifs is 1. The van der Waals surface area contributed by atoms with Crippen molar-refractivity contribution in [3.8, 4) is 5.75 Å². The molecule has 3 heteroatoms. The molecule has 3 unspecified atom stereocenters. The number of phenols is 1. The van der Waals surface area contributed by atoms with Gasteiger partial charge in [-0.1, -0.05) is 26.0 Å². The van der Waals surface area contributed by atoms with E-state index in [2.05, 4.69) is 19.2 Å². The fourth-order valence-electron chi connectivity index (χ4n) is 3.58. The predicted molar refractivity (Wildman–Crippen MR) is 70.4 cm³/mol. The summed E-state index contributed by atoms with van der Waals surface area (Å²) in [5.74, 6) is 1.00. The van der Waals surface area contributed by atoms with Gasteiger partial charge in [-0.15, -0.1) is 0 Å². The van der Waals surface area contributed by atoms with Gasteiger partial charge in [0, 0.05) is 30.5 Å². The maximum Gasteiger partial charge on any atom is 0.115 e. The lowest BCUT2D eigenvalue weighted by Gasteiger charge is -2.55. The average molecular weight is 247 g/mol. The van der Waals surface area contributed by atoms with Crippen LogP contribution in [0, 0.1) is 11.3 Å². The van der Waals surface area contributed by atoms with Crippen LogP contribution < -0.4 is 5.32 Å². The molecule has 1 aliphatic carbocycles. The van der Waals surface area contributed by atoms with Gasteiger partial charge >= 0.3 is 0 Å². The average Bonchev–Trinajstić information content (AvgIpc) is 2.78. The smallest absolute Gasteiger partial charge is 0.115 e. The van der Waals surface area contributed by atoms with Crippen molar-refractivity contribution in [2.75, 3.05) is 6.61 Å². The summed E-state index contributed by atoms with van der Waals surface area (Å²) in [6, 6.07) is 7.96. The van der Waals surface area contributed by atoms with Crippen molar-refractivity contribution >= 4 is 0 Å². The summed E-state index contributed by atoms with van der Waals surface area (Å²) in [6.45, 7) is 6.34. The second kappa shape index (κ2) is 4.25. The molecule has 98 valence electrons. The van der Waals surface area contributed by atoms with Gasteiger partial charge in [0.15, 0.2) is 0 Å². The van der Waals surface area contributed by atoms with Crippen LogP contribution in [0.5, 0.6) is 5.75 Å². The van der Waals surface area contributed by atoms with E-state index in [1.807, 2.05) is 12.1 Å². The van der Waals surface area contributed by atoms with Crippen LogP contribution in [0.2, 0.25) is 0 Å². The molecule has 1 saturated heterocycles. The lowest BCUT2D eigenvalue weighted by molar-refractivity contribution is -0.113. The van der Waals surface area contributed by atoms with E-state index in [9.17, 15) is 5.11 Å². The van der Waals surface area contributed by atoms with Gasteiger partial charge in [0.05, 0.1) is 6.10 Å². The molecule has 0 amide bonds. The Bertz CT molecular complexity index is 427. The van der Waals surface area contributed by atoms with E-state index in [0.29, 0.717) is 23.8 Å². The summed E-state index contributed by atoms with van der Waals surface area (Å²) < 4.78 is 5.79. The summed E-state index contributed by atoms with van der Waals surface area (Å²) >= 11 is 0. The first kappa shape index (κ1) is 12.0. The number of hydrogen-bond acceptors (Lipinski definition) is 3. The first-order valence-corrected chi connectivity index (χ1v) is 6.72. The predicted octanol–water partition coefficient (Wildman–Crippen LogP) is 2.30. The van der Waals surface area contributed by atoms with E-state index >= 15 is 0 Å². The van der Waals surface area contributed by atoms with Crippen molar-refractivity contribution in [1.82, 2.24) is 5.32 Å². The molecule has 2 N–H and O–H groups in total.